The fraction of sp³-hybridized carbons (Fsp3) is 0.900. The largest absolute Gasteiger partial charge is 0.490 e. The summed E-state index contributed by atoms with van der Waals surface area (Å²) in [6.45, 7) is 6.00. The van der Waals surface area contributed by atoms with Crippen molar-refractivity contribution in [3.05, 3.63) is 0 Å². The van der Waals surface area contributed by atoms with Crippen LogP contribution in [0.4, 0.5) is 13.2 Å². The van der Waals surface area contributed by atoms with Crippen LogP contribution in [0, 0.1) is 5.92 Å². The summed E-state index contributed by atoms with van der Waals surface area (Å²) in [6, 6.07) is 0. The second kappa shape index (κ2) is 6.35. The van der Waals surface area contributed by atoms with E-state index in [9.17, 15) is 13.2 Å². The maximum absolute atomic E-state index is 10.6. The first-order valence-electron chi connectivity index (χ1n) is 5.59. The molecular formula is C10H17F3N2O3. The zero-order chi connectivity index (χ0) is 13.8. The molecule has 0 bridgehead atoms. The van der Waals surface area contributed by atoms with Gasteiger partial charge in [0, 0.05) is 39.8 Å². The second-order valence-electron chi connectivity index (χ2n) is 4.40. The molecule has 0 aliphatic carbocycles. The molecule has 2 heterocycles. The third kappa shape index (κ3) is 4.79. The minimum absolute atomic E-state index is 0.517. The fourth-order valence-corrected chi connectivity index (χ4v) is 1.66. The minimum Gasteiger partial charge on any atom is -0.475 e. The molecule has 0 atom stereocenters. The third-order valence-corrected chi connectivity index (χ3v) is 2.88. The van der Waals surface area contributed by atoms with Gasteiger partial charge < -0.3 is 15.2 Å². The average molecular weight is 270 g/mol. The van der Waals surface area contributed by atoms with Crippen LogP contribution < -0.4 is 5.32 Å². The van der Waals surface area contributed by atoms with Crippen LogP contribution in [0.2, 0.25) is 0 Å². The standard InChI is InChI=1S/C8H16N2O.C2HF3O2/c1-11-8-5-10(6-8)4-7-2-9-3-7;3-2(4,5)1(6)7/h7-9H,2-6H2,1H3;(H,6,7). The molecule has 2 aliphatic rings. The molecule has 0 unspecified atom stereocenters. The topological polar surface area (TPSA) is 61.8 Å². The average Bonchev–Trinajstić information content (AvgIpc) is 2.12. The molecule has 2 saturated heterocycles. The van der Waals surface area contributed by atoms with Crippen molar-refractivity contribution >= 4 is 5.97 Å². The Hall–Kier alpha value is -0.860. The lowest BCUT2D eigenvalue weighted by Crippen LogP contribution is -2.57. The third-order valence-electron chi connectivity index (χ3n) is 2.88. The predicted octanol–water partition coefficient (Wildman–Crippen LogP) is 0.170. The lowest BCUT2D eigenvalue weighted by Gasteiger charge is -2.42. The van der Waals surface area contributed by atoms with Crippen LogP contribution in [0.15, 0.2) is 0 Å². The van der Waals surface area contributed by atoms with E-state index in [2.05, 4.69) is 10.2 Å². The summed E-state index contributed by atoms with van der Waals surface area (Å²) >= 11 is 0. The van der Waals surface area contributed by atoms with Crippen molar-refractivity contribution < 1.29 is 27.8 Å². The van der Waals surface area contributed by atoms with E-state index in [1.807, 2.05) is 0 Å². The van der Waals surface area contributed by atoms with Gasteiger partial charge in [-0.1, -0.05) is 0 Å². The monoisotopic (exact) mass is 270 g/mol. The highest BCUT2D eigenvalue weighted by atomic mass is 19.4. The van der Waals surface area contributed by atoms with Crippen molar-refractivity contribution in [1.29, 1.82) is 0 Å². The Labute approximate surface area is 103 Å². The van der Waals surface area contributed by atoms with Crippen LogP contribution in [0.1, 0.15) is 0 Å². The minimum atomic E-state index is -5.08. The van der Waals surface area contributed by atoms with E-state index in [1.54, 1.807) is 7.11 Å². The van der Waals surface area contributed by atoms with Gasteiger partial charge in [-0.15, -0.1) is 0 Å². The Morgan fingerprint density at radius 3 is 2.22 bits per heavy atom. The Kier molecular flexibility index (Phi) is 5.36. The van der Waals surface area contributed by atoms with E-state index in [-0.39, 0.29) is 0 Å². The summed E-state index contributed by atoms with van der Waals surface area (Å²) in [4.78, 5) is 11.4. The lowest BCUT2D eigenvalue weighted by atomic mass is 10.0. The van der Waals surface area contributed by atoms with Crippen LogP contribution in [0.25, 0.3) is 0 Å². The Morgan fingerprint density at radius 2 is 1.94 bits per heavy atom. The molecule has 18 heavy (non-hydrogen) atoms. The maximum atomic E-state index is 10.6. The molecule has 2 rings (SSSR count). The number of alkyl halides is 3. The predicted molar refractivity (Wildman–Crippen MR) is 57.3 cm³/mol. The highest BCUT2D eigenvalue weighted by molar-refractivity contribution is 5.73. The van der Waals surface area contributed by atoms with Gasteiger partial charge in [0.15, 0.2) is 0 Å². The smallest absolute Gasteiger partial charge is 0.475 e. The molecule has 2 fully saturated rings. The SMILES string of the molecule is COC1CN(CC2CNC2)C1.O=C(O)C(F)(F)F. The summed E-state index contributed by atoms with van der Waals surface area (Å²) in [7, 11) is 1.80. The van der Waals surface area contributed by atoms with E-state index in [4.69, 9.17) is 14.6 Å². The van der Waals surface area contributed by atoms with Gasteiger partial charge in [0.1, 0.15) is 0 Å². The number of carboxylic acid groups (broad SMARTS) is 1. The van der Waals surface area contributed by atoms with Crippen molar-refractivity contribution in [1.82, 2.24) is 10.2 Å². The van der Waals surface area contributed by atoms with Crippen molar-refractivity contribution in [3.8, 4) is 0 Å². The number of rotatable bonds is 3. The van der Waals surface area contributed by atoms with Crippen LogP contribution in [-0.4, -0.2) is 68.1 Å². The number of carbonyl (C=O) groups is 1. The maximum Gasteiger partial charge on any atom is 0.490 e. The molecule has 0 aromatic carbocycles. The van der Waals surface area contributed by atoms with Gasteiger partial charge in [-0.3, -0.25) is 4.90 Å². The molecule has 0 aromatic heterocycles. The van der Waals surface area contributed by atoms with Crippen molar-refractivity contribution in [3.63, 3.8) is 0 Å². The molecular weight excluding hydrogens is 253 g/mol. The number of likely N-dealkylation sites (tertiary alicyclic amines) is 1. The molecule has 0 saturated carbocycles. The van der Waals surface area contributed by atoms with Crippen molar-refractivity contribution in [2.45, 2.75) is 12.3 Å². The number of aliphatic carboxylic acids is 1. The highest BCUT2D eigenvalue weighted by Gasteiger charge is 2.38. The quantitative estimate of drug-likeness (QED) is 0.765. The van der Waals surface area contributed by atoms with Gasteiger partial charge in [0.05, 0.1) is 6.10 Å². The van der Waals surface area contributed by atoms with Crippen LogP contribution in [0.3, 0.4) is 0 Å². The molecule has 106 valence electrons. The van der Waals surface area contributed by atoms with E-state index < -0.39 is 12.1 Å². The summed E-state index contributed by atoms with van der Waals surface area (Å²) in [5, 5.41) is 10.4. The lowest BCUT2D eigenvalue weighted by molar-refractivity contribution is -0.192. The number of nitrogens with one attached hydrogen (secondary N) is 1. The fourth-order valence-electron chi connectivity index (χ4n) is 1.66. The van der Waals surface area contributed by atoms with Gasteiger partial charge in [-0.25, -0.2) is 4.79 Å². The highest BCUT2D eigenvalue weighted by Crippen LogP contribution is 2.14. The number of nitrogens with zero attached hydrogens (tertiary/aromatic N) is 1. The number of carboxylic acids is 1. The van der Waals surface area contributed by atoms with Gasteiger partial charge in [0.25, 0.3) is 0 Å². The molecule has 8 heteroatoms. The molecule has 5 nitrogen and oxygen atoms in total. The molecule has 0 aromatic rings. The van der Waals surface area contributed by atoms with E-state index >= 15 is 0 Å². The first-order chi connectivity index (χ1) is 8.32. The number of ether oxygens (including phenoxy) is 1. The zero-order valence-electron chi connectivity index (χ0n) is 10.0. The van der Waals surface area contributed by atoms with Crippen molar-refractivity contribution in [2.75, 3.05) is 39.8 Å². The van der Waals surface area contributed by atoms with Gasteiger partial charge in [0.2, 0.25) is 0 Å². The summed E-state index contributed by atoms with van der Waals surface area (Å²) in [5.41, 5.74) is 0. The van der Waals surface area contributed by atoms with Crippen LogP contribution in [-0.2, 0) is 9.53 Å². The molecule has 2 N–H and O–H groups in total. The zero-order valence-corrected chi connectivity index (χ0v) is 10.0. The van der Waals surface area contributed by atoms with Crippen LogP contribution >= 0.6 is 0 Å². The Bertz CT molecular complexity index is 276. The summed E-state index contributed by atoms with van der Waals surface area (Å²) in [5.74, 6) is -1.85. The van der Waals surface area contributed by atoms with E-state index in [0.717, 1.165) is 19.0 Å². The normalized spacial score (nSPS) is 21.6. The molecule has 0 spiro atoms. The van der Waals surface area contributed by atoms with Crippen molar-refractivity contribution in [2.24, 2.45) is 5.92 Å². The molecule has 0 radical (unpaired) electrons. The van der Waals surface area contributed by atoms with Crippen LogP contribution in [0.5, 0.6) is 0 Å². The summed E-state index contributed by atoms with van der Waals surface area (Å²) in [6.07, 6.45) is -4.57. The van der Waals surface area contributed by atoms with E-state index in [1.165, 1.54) is 19.6 Å². The number of halogens is 3. The van der Waals surface area contributed by atoms with Gasteiger partial charge >= 0.3 is 12.1 Å². The van der Waals surface area contributed by atoms with Gasteiger partial charge in [-0.2, -0.15) is 13.2 Å². The molecule has 2 aliphatic heterocycles. The Balaban J connectivity index is 0.000000203. The number of hydrogen-bond acceptors (Lipinski definition) is 4. The number of methoxy groups -OCH3 is 1. The summed E-state index contributed by atoms with van der Waals surface area (Å²) < 4.78 is 36.9. The first-order valence-corrected chi connectivity index (χ1v) is 5.59. The molecule has 0 amide bonds. The second-order valence-corrected chi connectivity index (χ2v) is 4.40. The number of hydrogen-bond donors (Lipinski definition) is 2. The first kappa shape index (κ1) is 15.2. The van der Waals surface area contributed by atoms with E-state index in [0.29, 0.717) is 6.10 Å². The van der Waals surface area contributed by atoms with Gasteiger partial charge in [-0.05, 0) is 5.92 Å². The Morgan fingerprint density at radius 1 is 1.44 bits per heavy atom.